The summed E-state index contributed by atoms with van der Waals surface area (Å²) in [5.41, 5.74) is 0.727. The van der Waals surface area contributed by atoms with Crippen LogP contribution in [0.15, 0.2) is 18.3 Å². The Labute approximate surface area is 98.2 Å². The van der Waals surface area contributed by atoms with Crippen LogP contribution in [0.1, 0.15) is 24.6 Å². The molecule has 3 heterocycles. The lowest BCUT2D eigenvalue weighted by molar-refractivity contribution is 0.0781. The van der Waals surface area contributed by atoms with Crippen molar-refractivity contribution in [1.82, 2.24) is 14.6 Å². The minimum Gasteiger partial charge on any atom is -0.381 e. The van der Waals surface area contributed by atoms with Crippen molar-refractivity contribution in [2.24, 2.45) is 0 Å². The summed E-state index contributed by atoms with van der Waals surface area (Å²) in [4.78, 5) is 4.48. The monoisotopic (exact) mass is 237 g/mol. The molecule has 5 heteroatoms. The largest absolute Gasteiger partial charge is 0.381 e. The van der Waals surface area contributed by atoms with Crippen molar-refractivity contribution in [3.8, 4) is 0 Å². The van der Waals surface area contributed by atoms with Gasteiger partial charge in [0, 0.05) is 18.7 Å². The molecule has 0 aliphatic carbocycles. The van der Waals surface area contributed by atoms with Gasteiger partial charge in [-0.1, -0.05) is 11.6 Å². The fourth-order valence-electron chi connectivity index (χ4n) is 2.01. The maximum Gasteiger partial charge on any atom is 0.174 e. The van der Waals surface area contributed by atoms with Crippen LogP contribution in [-0.2, 0) is 4.74 Å². The summed E-state index contributed by atoms with van der Waals surface area (Å²) >= 11 is 6.05. The van der Waals surface area contributed by atoms with Crippen molar-refractivity contribution in [2.75, 3.05) is 13.2 Å². The average Bonchev–Trinajstić information content (AvgIpc) is 2.76. The zero-order valence-corrected chi connectivity index (χ0v) is 9.52. The number of nitrogens with zero attached hydrogens (tertiary/aromatic N) is 3. The molecule has 1 aliphatic rings. The smallest absolute Gasteiger partial charge is 0.174 e. The van der Waals surface area contributed by atoms with Gasteiger partial charge >= 0.3 is 0 Å². The summed E-state index contributed by atoms with van der Waals surface area (Å²) in [6, 6.07) is 3.69. The van der Waals surface area contributed by atoms with Crippen molar-refractivity contribution in [3.05, 3.63) is 29.2 Å². The fraction of sp³-hybridized carbons (Fsp3) is 0.455. The lowest BCUT2D eigenvalue weighted by Gasteiger charge is -2.18. The van der Waals surface area contributed by atoms with Gasteiger partial charge in [0.2, 0.25) is 0 Å². The van der Waals surface area contributed by atoms with Crippen molar-refractivity contribution in [2.45, 2.75) is 18.8 Å². The van der Waals surface area contributed by atoms with Crippen LogP contribution in [-0.4, -0.2) is 27.8 Å². The standard InChI is InChI=1S/C11H12ClN3O/c12-9-4-1-5-15-11(9)13-10(14-15)8-3-2-6-16-7-8/h1,4-5,8H,2-3,6-7H2. The SMILES string of the molecule is Clc1cccn2nc(C3CCCOC3)nc12. The molecule has 0 amide bonds. The zero-order chi connectivity index (χ0) is 11.0. The van der Waals surface area contributed by atoms with Gasteiger partial charge in [-0.3, -0.25) is 0 Å². The van der Waals surface area contributed by atoms with Crippen molar-refractivity contribution in [3.63, 3.8) is 0 Å². The predicted molar refractivity (Wildman–Crippen MR) is 60.8 cm³/mol. The lowest BCUT2D eigenvalue weighted by Crippen LogP contribution is -2.16. The minimum atomic E-state index is 0.310. The van der Waals surface area contributed by atoms with E-state index in [4.69, 9.17) is 16.3 Å². The summed E-state index contributed by atoms with van der Waals surface area (Å²) in [5.74, 6) is 1.15. The number of rotatable bonds is 1. The normalized spacial score (nSPS) is 21.4. The van der Waals surface area contributed by atoms with E-state index >= 15 is 0 Å². The molecule has 2 aromatic heterocycles. The molecule has 4 nitrogen and oxygen atoms in total. The van der Waals surface area contributed by atoms with Crippen LogP contribution in [0.4, 0.5) is 0 Å². The van der Waals surface area contributed by atoms with E-state index < -0.39 is 0 Å². The first-order chi connectivity index (χ1) is 7.84. The van der Waals surface area contributed by atoms with Crippen LogP contribution in [0.25, 0.3) is 5.65 Å². The van der Waals surface area contributed by atoms with E-state index in [0.29, 0.717) is 17.5 Å². The zero-order valence-electron chi connectivity index (χ0n) is 8.77. The highest BCUT2D eigenvalue weighted by Gasteiger charge is 2.20. The van der Waals surface area contributed by atoms with Gasteiger partial charge in [0.25, 0.3) is 0 Å². The van der Waals surface area contributed by atoms with Gasteiger partial charge in [-0.25, -0.2) is 9.50 Å². The number of ether oxygens (including phenoxy) is 1. The fourth-order valence-corrected chi connectivity index (χ4v) is 2.21. The second-order valence-electron chi connectivity index (χ2n) is 4.01. The summed E-state index contributed by atoms with van der Waals surface area (Å²) in [6.45, 7) is 1.57. The Hall–Kier alpha value is -1.13. The first-order valence-electron chi connectivity index (χ1n) is 5.43. The number of pyridine rings is 1. The van der Waals surface area contributed by atoms with Crippen LogP contribution >= 0.6 is 11.6 Å². The van der Waals surface area contributed by atoms with Crippen LogP contribution in [0.3, 0.4) is 0 Å². The van der Waals surface area contributed by atoms with Crippen LogP contribution in [0.5, 0.6) is 0 Å². The molecule has 1 saturated heterocycles. The third-order valence-electron chi connectivity index (χ3n) is 2.86. The van der Waals surface area contributed by atoms with E-state index in [9.17, 15) is 0 Å². The van der Waals surface area contributed by atoms with E-state index in [1.807, 2.05) is 18.3 Å². The summed E-state index contributed by atoms with van der Waals surface area (Å²) in [5, 5.41) is 5.08. The number of aromatic nitrogens is 3. The van der Waals surface area contributed by atoms with Gasteiger partial charge in [-0.05, 0) is 25.0 Å². The Morgan fingerprint density at radius 1 is 1.50 bits per heavy atom. The molecule has 0 aromatic carbocycles. The lowest BCUT2D eigenvalue weighted by atomic mass is 10.0. The maximum absolute atomic E-state index is 6.05. The molecular formula is C11H12ClN3O. The predicted octanol–water partition coefficient (Wildman–Crippen LogP) is 2.28. The summed E-state index contributed by atoms with van der Waals surface area (Å²) in [6.07, 6.45) is 4.03. The molecule has 16 heavy (non-hydrogen) atoms. The van der Waals surface area contributed by atoms with Crippen LogP contribution < -0.4 is 0 Å². The first kappa shape index (κ1) is 10.1. The van der Waals surface area contributed by atoms with E-state index in [1.54, 1.807) is 4.52 Å². The molecule has 1 fully saturated rings. The second-order valence-corrected chi connectivity index (χ2v) is 4.42. The third kappa shape index (κ3) is 1.68. The van der Waals surface area contributed by atoms with Crippen molar-refractivity contribution >= 4 is 17.2 Å². The molecule has 0 saturated carbocycles. The van der Waals surface area contributed by atoms with E-state index in [0.717, 1.165) is 30.9 Å². The Morgan fingerprint density at radius 2 is 2.44 bits per heavy atom. The number of hydrogen-bond acceptors (Lipinski definition) is 3. The Kier molecular flexibility index (Phi) is 2.53. The van der Waals surface area contributed by atoms with Crippen LogP contribution in [0.2, 0.25) is 5.02 Å². The molecule has 84 valence electrons. The molecule has 0 radical (unpaired) electrons. The van der Waals surface area contributed by atoms with Gasteiger partial charge in [-0.2, -0.15) is 5.10 Å². The van der Waals surface area contributed by atoms with E-state index in [-0.39, 0.29) is 0 Å². The highest BCUT2D eigenvalue weighted by atomic mass is 35.5. The molecule has 0 spiro atoms. The maximum atomic E-state index is 6.05. The van der Waals surface area contributed by atoms with Gasteiger partial charge in [0.05, 0.1) is 11.6 Å². The third-order valence-corrected chi connectivity index (χ3v) is 3.15. The molecule has 1 unspecified atom stereocenters. The van der Waals surface area contributed by atoms with Gasteiger partial charge in [-0.15, -0.1) is 0 Å². The minimum absolute atomic E-state index is 0.310. The highest BCUT2D eigenvalue weighted by Crippen LogP contribution is 2.24. The van der Waals surface area contributed by atoms with Gasteiger partial charge in [0.1, 0.15) is 0 Å². The van der Waals surface area contributed by atoms with Crippen molar-refractivity contribution < 1.29 is 4.74 Å². The molecule has 3 rings (SSSR count). The second kappa shape index (κ2) is 4.03. The topological polar surface area (TPSA) is 39.4 Å². The number of fused-ring (bicyclic) bond motifs is 1. The molecular weight excluding hydrogens is 226 g/mol. The Bertz CT molecular complexity index is 505. The molecule has 0 bridgehead atoms. The van der Waals surface area contributed by atoms with E-state index in [1.165, 1.54) is 0 Å². The van der Waals surface area contributed by atoms with Crippen molar-refractivity contribution in [1.29, 1.82) is 0 Å². The average molecular weight is 238 g/mol. The highest BCUT2D eigenvalue weighted by molar-refractivity contribution is 6.33. The molecule has 1 aliphatic heterocycles. The molecule has 2 aromatic rings. The quantitative estimate of drug-likeness (QED) is 0.764. The van der Waals surface area contributed by atoms with Gasteiger partial charge < -0.3 is 4.74 Å². The summed E-state index contributed by atoms with van der Waals surface area (Å²) in [7, 11) is 0. The van der Waals surface area contributed by atoms with Crippen LogP contribution in [0, 0.1) is 0 Å². The first-order valence-corrected chi connectivity index (χ1v) is 5.81. The summed E-state index contributed by atoms with van der Waals surface area (Å²) < 4.78 is 7.17. The number of halogens is 1. The van der Waals surface area contributed by atoms with E-state index in [2.05, 4.69) is 10.1 Å². The molecule has 0 N–H and O–H groups in total. The molecule has 1 atom stereocenters. The Morgan fingerprint density at radius 3 is 3.19 bits per heavy atom. The van der Waals surface area contributed by atoms with Gasteiger partial charge in [0.15, 0.2) is 11.5 Å². The Balaban J connectivity index is 2.01. The number of hydrogen-bond donors (Lipinski definition) is 0.